The SMILES string of the molecule is OCc1ccc(CN2CC[C@@H](c3ccc4c(c3)OCO4)[C@H](O)C2)o1. The van der Waals surface area contributed by atoms with Crippen LogP contribution < -0.4 is 9.47 Å². The Balaban J connectivity index is 1.41. The van der Waals surface area contributed by atoms with Crippen molar-refractivity contribution in [1.82, 2.24) is 4.90 Å². The summed E-state index contributed by atoms with van der Waals surface area (Å²) in [7, 11) is 0. The highest BCUT2D eigenvalue weighted by Crippen LogP contribution is 2.37. The predicted octanol–water partition coefficient (Wildman–Crippen LogP) is 1.85. The van der Waals surface area contributed by atoms with E-state index in [0.717, 1.165) is 35.8 Å². The van der Waals surface area contributed by atoms with Gasteiger partial charge in [-0.1, -0.05) is 6.07 Å². The van der Waals surface area contributed by atoms with Gasteiger partial charge in [-0.25, -0.2) is 0 Å². The van der Waals surface area contributed by atoms with Crippen molar-refractivity contribution < 1.29 is 24.1 Å². The lowest BCUT2D eigenvalue weighted by Crippen LogP contribution is -2.42. The number of likely N-dealkylation sites (tertiary alicyclic amines) is 1. The second-order valence-electron chi connectivity index (χ2n) is 6.34. The Labute approximate surface area is 140 Å². The third kappa shape index (κ3) is 3.00. The van der Waals surface area contributed by atoms with Crippen molar-refractivity contribution in [2.75, 3.05) is 19.9 Å². The van der Waals surface area contributed by atoms with E-state index in [2.05, 4.69) is 4.90 Å². The second kappa shape index (κ2) is 6.47. The fourth-order valence-corrected chi connectivity index (χ4v) is 3.49. The third-order valence-electron chi connectivity index (χ3n) is 4.74. The van der Waals surface area contributed by atoms with Crippen LogP contribution in [-0.2, 0) is 13.2 Å². The van der Waals surface area contributed by atoms with Gasteiger partial charge in [0.1, 0.15) is 18.1 Å². The van der Waals surface area contributed by atoms with E-state index in [1.807, 2.05) is 24.3 Å². The highest BCUT2D eigenvalue weighted by molar-refractivity contribution is 5.45. The van der Waals surface area contributed by atoms with Gasteiger partial charge in [0, 0.05) is 12.5 Å². The molecule has 0 spiro atoms. The van der Waals surface area contributed by atoms with Gasteiger partial charge in [0.05, 0.1) is 12.6 Å². The Morgan fingerprint density at radius 3 is 2.71 bits per heavy atom. The zero-order chi connectivity index (χ0) is 16.5. The van der Waals surface area contributed by atoms with Crippen LogP contribution in [0.4, 0.5) is 0 Å². The van der Waals surface area contributed by atoms with Crippen LogP contribution >= 0.6 is 0 Å². The Morgan fingerprint density at radius 2 is 1.92 bits per heavy atom. The summed E-state index contributed by atoms with van der Waals surface area (Å²) in [4.78, 5) is 2.17. The van der Waals surface area contributed by atoms with Crippen molar-refractivity contribution in [2.24, 2.45) is 0 Å². The molecule has 0 unspecified atom stereocenters. The average molecular weight is 331 g/mol. The Morgan fingerprint density at radius 1 is 1.08 bits per heavy atom. The normalized spacial score (nSPS) is 23.6. The van der Waals surface area contributed by atoms with Crippen LogP contribution in [0, 0.1) is 0 Å². The van der Waals surface area contributed by atoms with Crippen molar-refractivity contribution in [3.63, 3.8) is 0 Å². The van der Waals surface area contributed by atoms with Gasteiger partial charge in [-0.2, -0.15) is 0 Å². The summed E-state index contributed by atoms with van der Waals surface area (Å²) in [6.07, 6.45) is 0.431. The van der Waals surface area contributed by atoms with Crippen LogP contribution in [0.15, 0.2) is 34.7 Å². The van der Waals surface area contributed by atoms with E-state index >= 15 is 0 Å². The summed E-state index contributed by atoms with van der Waals surface area (Å²) in [6.45, 7) is 2.29. The molecule has 1 fully saturated rings. The summed E-state index contributed by atoms with van der Waals surface area (Å²) < 4.78 is 16.3. The first kappa shape index (κ1) is 15.5. The molecule has 6 nitrogen and oxygen atoms in total. The van der Waals surface area contributed by atoms with Gasteiger partial charge in [0.15, 0.2) is 11.5 Å². The molecule has 1 saturated heterocycles. The van der Waals surface area contributed by atoms with Crippen LogP contribution in [0.2, 0.25) is 0 Å². The van der Waals surface area contributed by atoms with E-state index in [1.165, 1.54) is 0 Å². The number of furan rings is 1. The number of rotatable bonds is 4. The summed E-state index contributed by atoms with van der Waals surface area (Å²) in [6, 6.07) is 9.56. The molecule has 0 amide bonds. The van der Waals surface area contributed by atoms with Crippen LogP contribution in [-0.4, -0.2) is 41.1 Å². The highest BCUT2D eigenvalue weighted by Gasteiger charge is 2.30. The van der Waals surface area contributed by atoms with Crippen molar-refractivity contribution >= 4 is 0 Å². The second-order valence-corrected chi connectivity index (χ2v) is 6.34. The smallest absolute Gasteiger partial charge is 0.231 e. The van der Waals surface area contributed by atoms with Gasteiger partial charge >= 0.3 is 0 Å². The molecule has 0 radical (unpaired) electrons. The fraction of sp³-hybridized carbons (Fsp3) is 0.444. The van der Waals surface area contributed by atoms with E-state index in [4.69, 9.17) is 19.0 Å². The quantitative estimate of drug-likeness (QED) is 0.891. The molecule has 2 atom stereocenters. The van der Waals surface area contributed by atoms with Gasteiger partial charge in [0.25, 0.3) is 0 Å². The summed E-state index contributed by atoms with van der Waals surface area (Å²) in [5, 5.41) is 19.6. The molecule has 2 aliphatic rings. The molecule has 128 valence electrons. The van der Waals surface area contributed by atoms with Crippen molar-refractivity contribution in [3.05, 3.63) is 47.4 Å². The van der Waals surface area contributed by atoms with E-state index in [1.54, 1.807) is 6.07 Å². The topological polar surface area (TPSA) is 75.3 Å². The highest BCUT2D eigenvalue weighted by atomic mass is 16.7. The van der Waals surface area contributed by atoms with E-state index in [9.17, 15) is 5.11 Å². The number of ether oxygens (including phenoxy) is 2. The minimum Gasteiger partial charge on any atom is -0.462 e. The van der Waals surface area contributed by atoms with E-state index in [0.29, 0.717) is 18.8 Å². The Kier molecular flexibility index (Phi) is 4.18. The molecule has 0 bridgehead atoms. The number of aliphatic hydroxyl groups is 2. The van der Waals surface area contributed by atoms with Crippen molar-refractivity contribution in [3.8, 4) is 11.5 Å². The lowest BCUT2D eigenvalue weighted by molar-refractivity contribution is 0.0442. The van der Waals surface area contributed by atoms with Crippen LogP contribution in [0.25, 0.3) is 0 Å². The molecule has 2 aromatic rings. The minimum absolute atomic E-state index is 0.0885. The largest absolute Gasteiger partial charge is 0.462 e. The maximum Gasteiger partial charge on any atom is 0.231 e. The van der Waals surface area contributed by atoms with Gasteiger partial charge in [-0.15, -0.1) is 0 Å². The summed E-state index contributed by atoms with van der Waals surface area (Å²) in [5.74, 6) is 3.01. The minimum atomic E-state index is -0.439. The van der Waals surface area contributed by atoms with Crippen LogP contribution in [0.5, 0.6) is 11.5 Å². The van der Waals surface area contributed by atoms with Gasteiger partial charge in [-0.3, -0.25) is 4.90 Å². The lowest BCUT2D eigenvalue weighted by atomic mass is 9.87. The molecule has 0 aliphatic carbocycles. The molecule has 3 heterocycles. The molecule has 2 aliphatic heterocycles. The zero-order valence-corrected chi connectivity index (χ0v) is 13.4. The third-order valence-corrected chi connectivity index (χ3v) is 4.74. The number of hydrogen-bond acceptors (Lipinski definition) is 6. The maximum atomic E-state index is 10.6. The maximum absolute atomic E-state index is 10.6. The molecule has 1 aromatic heterocycles. The van der Waals surface area contributed by atoms with E-state index < -0.39 is 6.10 Å². The van der Waals surface area contributed by atoms with Gasteiger partial charge in [-0.05, 0) is 42.8 Å². The summed E-state index contributed by atoms with van der Waals surface area (Å²) >= 11 is 0. The Bertz CT molecular complexity index is 713. The Hall–Kier alpha value is -2.02. The lowest BCUT2D eigenvalue weighted by Gasteiger charge is -2.35. The molecule has 0 saturated carbocycles. The molecular weight excluding hydrogens is 310 g/mol. The molecule has 4 rings (SSSR count). The van der Waals surface area contributed by atoms with Crippen molar-refractivity contribution in [1.29, 1.82) is 0 Å². The number of β-amino-alcohol motifs (C(OH)–C–C–N with tert-alkyl or cyclic N) is 1. The predicted molar refractivity (Wildman–Crippen MR) is 85.8 cm³/mol. The first-order valence-electron chi connectivity index (χ1n) is 8.21. The first-order valence-corrected chi connectivity index (χ1v) is 8.21. The van der Waals surface area contributed by atoms with Crippen LogP contribution in [0.3, 0.4) is 0 Å². The van der Waals surface area contributed by atoms with Gasteiger partial charge < -0.3 is 24.1 Å². The number of aliphatic hydroxyl groups excluding tert-OH is 2. The summed E-state index contributed by atoms with van der Waals surface area (Å²) in [5.41, 5.74) is 1.09. The molecule has 1 aromatic carbocycles. The molecule has 24 heavy (non-hydrogen) atoms. The number of fused-ring (bicyclic) bond motifs is 1. The standard InChI is InChI=1S/C18H21NO5/c20-10-14-3-2-13(24-14)8-19-6-5-15(16(21)9-19)12-1-4-17-18(7-12)23-11-22-17/h1-4,7,15-16,20-21H,5-6,8-11H2/t15-,16+/m0/s1. The number of nitrogens with zero attached hydrogens (tertiary/aromatic N) is 1. The number of piperidine rings is 1. The number of benzene rings is 1. The number of hydrogen-bond donors (Lipinski definition) is 2. The molecular formula is C18H21NO5. The van der Waals surface area contributed by atoms with Crippen molar-refractivity contribution in [2.45, 2.75) is 31.6 Å². The zero-order valence-electron chi connectivity index (χ0n) is 13.4. The van der Waals surface area contributed by atoms with Crippen LogP contribution in [0.1, 0.15) is 29.4 Å². The first-order chi connectivity index (χ1) is 11.7. The van der Waals surface area contributed by atoms with Gasteiger partial charge in [0.2, 0.25) is 6.79 Å². The molecule has 6 heteroatoms. The molecule has 2 N–H and O–H groups in total. The fourth-order valence-electron chi connectivity index (χ4n) is 3.49. The monoisotopic (exact) mass is 331 g/mol. The average Bonchev–Trinajstić information content (AvgIpc) is 3.23. The van der Waals surface area contributed by atoms with E-state index in [-0.39, 0.29) is 19.3 Å².